The number of nitrogens with one attached hydrogen (secondary N) is 2. The van der Waals surface area contributed by atoms with Gasteiger partial charge in [-0.05, 0) is 18.2 Å². The van der Waals surface area contributed by atoms with Crippen LogP contribution in [0.2, 0.25) is 0 Å². The molecule has 0 radical (unpaired) electrons. The standard InChI is InChI=1S/C18H16N2O4/c1-23-11-7-8-15(16(9-11)24-2)20-18(22)17(21)13-10-19-14-6-4-3-5-12(13)14/h3-10,19H,1-2H3,(H,20,22). The number of carbonyl (C=O) groups excluding carboxylic acids is 2. The van der Waals surface area contributed by atoms with Crippen molar-refractivity contribution >= 4 is 28.3 Å². The van der Waals surface area contributed by atoms with Gasteiger partial charge in [-0.2, -0.15) is 0 Å². The van der Waals surface area contributed by atoms with Crippen LogP contribution in [0.4, 0.5) is 5.69 Å². The fourth-order valence-electron chi connectivity index (χ4n) is 2.46. The summed E-state index contributed by atoms with van der Waals surface area (Å²) in [5, 5.41) is 3.29. The number of fused-ring (bicyclic) bond motifs is 1. The maximum atomic E-state index is 12.4. The SMILES string of the molecule is COc1ccc(NC(=O)C(=O)c2c[nH]c3ccccc23)c(OC)c1. The minimum atomic E-state index is -0.733. The molecule has 24 heavy (non-hydrogen) atoms. The number of rotatable bonds is 5. The fraction of sp³-hybridized carbons (Fsp3) is 0.111. The van der Waals surface area contributed by atoms with Gasteiger partial charge in [-0.25, -0.2) is 0 Å². The van der Waals surface area contributed by atoms with E-state index in [-0.39, 0.29) is 0 Å². The Labute approximate surface area is 138 Å². The number of benzene rings is 2. The molecule has 3 rings (SSSR count). The van der Waals surface area contributed by atoms with Gasteiger partial charge in [0.05, 0.1) is 25.5 Å². The third kappa shape index (κ3) is 2.81. The minimum absolute atomic E-state index is 0.329. The summed E-state index contributed by atoms with van der Waals surface area (Å²) in [6, 6.07) is 12.2. The molecular weight excluding hydrogens is 308 g/mol. The average molecular weight is 324 g/mol. The van der Waals surface area contributed by atoms with Gasteiger partial charge in [0.2, 0.25) is 0 Å². The van der Waals surface area contributed by atoms with Gasteiger partial charge in [-0.15, -0.1) is 0 Å². The van der Waals surface area contributed by atoms with Crippen LogP contribution in [-0.4, -0.2) is 30.9 Å². The summed E-state index contributed by atoms with van der Waals surface area (Å²) >= 11 is 0. The number of ketones is 1. The van der Waals surface area contributed by atoms with Gasteiger partial charge in [-0.1, -0.05) is 18.2 Å². The number of aromatic amines is 1. The fourth-order valence-corrected chi connectivity index (χ4v) is 2.46. The number of amides is 1. The maximum absolute atomic E-state index is 12.4. The number of aromatic nitrogens is 1. The van der Waals surface area contributed by atoms with Crippen LogP contribution in [0.5, 0.6) is 11.5 Å². The molecule has 6 heteroatoms. The van der Waals surface area contributed by atoms with Crippen molar-refractivity contribution in [2.24, 2.45) is 0 Å². The molecule has 1 heterocycles. The Balaban J connectivity index is 1.86. The number of hydrogen-bond acceptors (Lipinski definition) is 4. The Morgan fingerprint density at radius 3 is 2.58 bits per heavy atom. The first kappa shape index (κ1) is 15.6. The number of ether oxygens (including phenoxy) is 2. The zero-order chi connectivity index (χ0) is 17.1. The van der Waals surface area contributed by atoms with Crippen LogP contribution in [0.25, 0.3) is 10.9 Å². The lowest BCUT2D eigenvalue weighted by Gasteiger charge is -2.11. The molecule has 0 aliphatic rings. The summed E-state index contributed by atoms with van der Waals surface area (Å²) < 4.78 is 10.3. The van der Waals surface area contributed by atoms with Crippen molar-refractivity contribution in [2.75, 3.05) is 19.5 Å². The summed E-state index contributed by atoms with van der Waals surface area (Å²) in [6.07, 6.45) is 1.54. The van der Waals surface area contributed by atoms with Crippen molar-refractivity contribution < 1.29 is 19.1 Å². The summed E-state index contributed by atoms with van der Waals surface area (Å²) in [5.41, 5.74) is 1.53. The molecule has 0 spiro atoms. The number of Topliss-reactive ketones (excluding diaryl/α,β-unsaturated/α-hetero) is 1. The molecule has 0 bridgehead atoms. The minimum Gasteiger partial charge on any atom is -0.497 e. The van der Waals surface area contributed by atoms with Crippen molar-refractivity contribution in [3.63, 3.8) is 0 Å². The summed E-state index contributed by atoms with van der Waals surface area (Å²) in [6.45, 7) is 0. The topological polar surface area (TPSA) is 80.4 Å². The van der Waals surface area contributed by atoms with Gasteiger partial charge in [0.1, 0.15) is 11.5 Å². The molecule has 0 saturated heterocycles. The summed E-state index contributed by atoms with van der Waals surface area (Å²) in [4.78, 5) is 27.7. The highest BCUT2D eigenvalue weighted by Gasteiger charge is 2.21. The zero-order valence-corrected chi connectivity index (χ0v) is 13.3. The van der Waals surface area contributed by atoms with Crippen LogP contribution in [-0.2, 0) is 4.79 Å². The highest BCUT2D eigenvalue weighted by atomic mass is 16.5. The first-order valence-corrected chi connectivity index (χ1v) is 7.28. The second kappa shape index (κ2) is 6.45. The molecule has 6 nitrogen and oxygen atoms in total. The molecule has 0 aliphatic heterocycles. The lowest BCUT2D eigenvalue weighted by atomic mass is 10.1. The van der Waals surface area contributed by atoms with E-state index in [1.807, 2.05) is 18.2 Å². The van der Waals surface area contributed by atoms with E-state index < -0.39 is 11.7 Å². The van der Waals surface area contributed by atoms with Crippen molar-refractivity contribution in [1.82, 2.24) is 4.98 Å². The Kier molecular flexibility index (Phi) is 4.20. The molecular formula is C18H16N2O4. The van der Waals surface area contributed by atoms with Crippen molar-refractivity contribution in [3.8, 4) is 11.5 Å². The molecule has 0 atom stereocenters. The lowest BCUT2D eigenvalue weighted by Crippen LogP contribution is -2.23. The molecule has 2 N–H and O–H groups in total. The van der Waals surface area contributed by atoms with Crippen LogP contribution in [0.1, 0.15) is 10.4 Å². The predicted molar refractivity (Wildman–Crippen MR) is 90.8 cm³/mol. The number of para-hydroxylation sites is 1. The number of hydrogen-bond donors (Lipinski definition) is 2. The molecule has 2 aromatic carbocycles. The van der Waals surface area contributed by atoms with Gasteiger partial charge in [0, 0.05) is 23.2 Å². The van der Waals surface area contributed by atoms with Crippen LogP contribution in [0.3, 0.4) is 0 Å². The normalized spacial score (nSPS) is 10.4. The predicted octanol–water partition coefficient (Wildman–Crippen LogP) is 3.01. The molecule has 0 fully saturated rings. The number of anilines is 1. The Hall–Kier alpha value is -3.28. The number of carbonyl (C=O) groups is 2. The third-order valence-electron chi connectivity index (χ3n) is 3.70. The number of H-pyrrole nitrogens is 1. The average Bonchev–Trinajstić information content (AvgIpc) is 3.05. The van der Waals surface area contributed by atoms with E-state index in [4.69, 9.17) is 9.47 Å². The Morgan fingerprint density at radius 2 is 1.83 bits per heavy atom. The first-order valence-electron chi connectivity index (χ1n) is 7.28. The molecule has 0 saturated carbocycles. The maximum Gasteiger partial charge on any atom is 0.296 e. The zero-order valence-electron chi connectivity index (χ0n) is 13.3. The van der Waals surface area contributed by atoms with E-state index >= 15 is 0 Å². The third-order valence-corrected chi connectivity index (χ3v) is 3.70. The van der Waals surface area contributed by atoms with Gasteiger partial charge < -0.3 is 19.8 Å². The van der Waals surface area contributed by atoms with Gasteiger partial charge in [0.25, 0.3) is 11.7 Å². The Morgan fingerprint density at radius 1 is 1.04 bits per heavy atom. The quantitative estimate of drug-likeness (QED) is 0.558. The lowest BCUT2D eigenvalue weighted by molar-refractivity contribution is -0.112. The van der Waals surface area contributed by atoms with Gasteiger partial charge in [-0.3, -0.25) is 9.59 Å². The van der Waals surface area contributed by atoms with Crippen LogP contribution < -0.4 is 14.8 Å². The van der Waals surface area contributed by atoms with Crippen molar-refractivity contribution in [2.45, 2.75) is 0 Å². The van der Waals surface area contributed by atoms with Crippen LogP contribution in [0, 0.1) is 0 Å². The molecule has 122 valence electrons. The van der Waals surface area contributed by atoms with Crippen molar-refractivity contribution in [3.05, 3.63) is 54.2 Å². The first-order chi connectivity index (χ1) is 11.6. The number of methoxy groups -OCH3 is 2. The molecule has 1 aromatic heterocycles. The van der Waals surface area contributed by atoms with E-state index in [2.05, 4.69) is 10.3 Å². The van der Waals surface area contributed by atoms with Gasteiger partial charge >= 0.3 is 0 Å². The van der Waals surface area contributed by atoms with Crippen LogP contribution >= 0.6 is 0 Å². The van der Waals surface area contributed by atoms with Gasteiger partial charge in [0.15, 0.2) is 0 Å². The highest BCUT2D eigenvalue weighted by Crippen LogP contribution is 2.29. The summed E-state index contributed by atoms with van der Waals surface area (Å²) in [5.74, 6) is -0.351. The van der Waals surface area contributed by atoms with E-state index in [0.717, 1.165) is 5.52 Å². The smallest absolute Gasteiger partial charge is 0.296 e. The van der Waals surface area contributed by atoms with E-state index in [0.29, 0.717) is 28.1 Å². The molecule has 0 aliphatic carbocycles. The molecule has 3 aromatic rings. The monoisotopic (exact) mass is 324 g/mol. The molecule has 1 amide bonds. The second-order valence-electron chi connectivity index (χ2n) is 5.10. The van der Waals surface area contributed by atoms with E-state index in [1.54, 1.807) is 24.3 Å². The highest BCUT2D eigenvalue weighted by molar-refractivity contribution is 6.48. The van der Waals surface area contributed by atoms with Crippen molar-refractivity contribution in [1.29, 1.82) is 0 Å². The van der Waals surface area contributed by atoms with E-state index in [9.17, 15) is 9.59 Å². The van der Waals surface area contributed by atoms with Crippen LogP contribution in [0.15, 0.2) is 48.7 Å². The Bertz CT molecular complexity index is 914. The largest absolute Gasteiger partial charge is 0.497 e. The molecule has 0 unspecified atom stereocenters. The summed E-state index contributed by atoms with van der Waals surface area (Å²) in [7, 11) is 3.01. The second-order valence-corrected chi connectivity index (χ2v) is 5.10. The van der Waals surface area contributed by atoms with E-state index in [1.165, 1.54) is 20.4 Å².